The Morgan fingerprint density at radius 1 is 1.19 bits per heavy atom. The molecule has 27 heavy (non-hydrogen) atoms. The molecule has 2 atom stereocenters. The third kappa shape index (κ3) is 4.29. The van der Waals surface area contributed by atoms with Gasteiger partial charge in [0.1, 0.15) is 0 Å². The summed E-state index contributed by atoms with van der Waals surface area (Å²) >= 11 is 0. The normalized spacial score (nSPS) is 19.6. The van der Waals surface area contributed by atoms with Crippen molar-refractivity contribution in [3.63, 3.8) is 0 Å². The highest BCUT2D eigenvalue weighted by Gasteiger charge is 2.39. The number of morpholine rings is 1. The zero-order valence-corrected chi connectivity index (χ0v) is 16.6. The summed E-state index contributed by atoms with van der Waals surface area (Å²) < 4.78 is 5.87. The summed E-state index contributed by atoms with van der Waals surface area (Å²) in [6.45, 7) is 4.46. The van der Waals surface area contributed by atoms with E-state index in [0.717, 1.165) is 30.6 Å². The maximum absolute atomic E-state index is 13.7. The molecule has 2 unspecified atom stereocenters. The minimum atomic E-state index is -0.564. The topological polar surface area (TPSA) is 41.6 Å². The number of rotatable bonds is 7. The molecule has 1 aliphatic heterocycles. The van der Waals surface area contributed by atoms with Crippen molar-refractivity contribution >= 4 is 5.78 Å². The lowest BCUT2D eigenvalue weighted by Crippen LogP contribution is -2.52. The lowest BCUT2D eigenvalue weighted by atomic mass is 9.80. The number of ether oxygens (including phenoxy) is 1. The van der Waals surface area contributed by atoms with Gasteiger partial charge in [-0.1, -0.05) is 55.5 Å². The molecule has 0 radical (unpaired) electrons. The summed E-state index contributed by atoms with van der Waals surface area (Å²) in [5, 5.41) is 3.36. The van der Waals surface area contributed by atoms with Crippen LogP contribution in [0.3, 0.4) is 0 Å². The number of likely N-dealkylation sites (N-methyl/N-ethyl adjacent to an activating group) is 1. The van der Waals surface area contributed by atoms with Crippen molar-refractivity contribution in [3.05, 3.63) is 71.3 Å². The Balaban J connectivity index is 1.92. The average Bonchev–Trinajstić information content (AvgIpc) is 2.73. The second-order valence-electron chi connectivity index (χ2n) is 7.46. The van der Waals surface area contributed by atoms with Crippen LogP contribution < -0.4 is 5.32 Å². The van der Waals surface area contributed by atoms with Gasteiger partial charge in [0.15, 0.2) is 5.78 Å². The fourth-order valence-electron chi connectivity index (χ4n) is 3.91. The molecule has 2 aromatic rings. The molecule has 0 saturated carbocycles. The number of carbonyl (C=O) groups excluding carboxylic acids is 1. The van der Waals surface area contributed by atoms with Crippen LogP contribution in [0.25, 0.3) is 0 Å². The minimum absolute atomic E-state index is 0.0102. The van der Waals surface area contributed by atoms with Crippen LogP contribution in [0.15, 0.2) is 54.6 Å². The van der Waals surface area contributed by atoms with Gasteiger partial charge in [-0.05, 0) is 44.1 Å². The Morgan fingerprint density at radius 3 is 2.59 bits per heavy atom. The summed E-state index contributed by atoms with van der Waals surface area (Å²) in [5.74, 6) is 0.171. The predicted molar refractivity (Wildman–Crippen MR) is 109 cm³/mol. The van der Waals surface area contributed by atoms with E-state index in [2.05, 4.69) is 35.3 Å². The Kier molecular flexibility index (Phi) is 6.42. The second kappa shape index (κ2) is 8.79. The van der Waals surface area contributed by atoms with Crippen LogP contribution in [-0.2, 0) is 11.2 Å². The van der Waals surface area contributed by atoms with Gasteiger partial charge >= 0.3 is 0 Å². The van der Waals surface area contributed by atoms with Crippen LogP contribution in [0, 0.1) is 0 Å². The van der Waals surface area contributed by atoms with Gasteiger partial charge in [-0.25, -0.2) is 0 Å². The van der Waals surface area contributed by atoms with E-state index in [0.29, 0.717) is 13.0 Å². The quantitative estimate of drug-likeness (QED) is 0.762. The van der Waals surface area contributed by atoms with Crippen molar-refractivity contribution in [2.45, 2.75) is 31.4 Å². The van der Waals surface area contributed by atoms with E-state index in [1.165, 1.54) is 5.56 Å². The lowest BCUT2D eigenvalue weighted by Gasteiger charge is -2.38. The molecule has 2 aromatic carbocycles. The Bertz CT molecular complexity index is 754. The second-order valence-corrected chi connectivity index (χ2v) is 7.46. The van der Waals surface area contributed by atoms with E-state index in [9.17, 15) is 4.79 Å². The molecule has 0 amide bonds. The molecule has 4 heteroatoms. The van der Waals surface area contributed by atoms with Gasteiger partial charge < -0.3 is 10.1 Å². The summed E-state index contributed by atoms with van der Waals surface area (Å²) in [7, 11) is 4.00. The SMILES string of the molecule is CCC(Cc1ccccc1)(C(=O)c1cccc(C2CNCCO2)c1)N(C)C. The van der Waals surface area contributed by atoms with Crippen molar-refractivity contribution in [2.24, 2.45) is 0 Å². The van der Waals surface area contributed by atoms with Crippen molar-refractivity contribution < 1.29 is 9.53 Å². The molecular weight excluding hydrogens is 336 g/mol. The smallest absolute Gasteiger partial charge is 0.183 e. The van der Waals surface area contributed by atoms with Crippen LogP contribution in [0.2, 0.25) is 0 Å². The standard InChI is InChI=1S/C23H30N2O2/c1-4-23(25(2)3,16-18-9-6-5-7-10-18)22(26)20-12-8-11-19(15-20)21-17-24-13-14-27-21/h5-12,15,21,24H,4,13-14,16-17H2,1-3H3. The molecule has 1 saturated heterocycles. The van der Waals surface area contributed by atoms with Gasteiger partial charge in [0, 0.05) is 18.7 Å². The van der Waals surface area contributed by atoms with Gasteiger partial charge in [-0.15, -0.1) is 0 Å². The summed E-state index contributed by atoms with van der Waals surface area (Å²) in [4.78, 5) is 15.8. The largest absolute Gasteiger partial charge is 0.371 e. The highest BCUT2D eigenvalue weighted by molar-refractivity contribution is 6.03. The third-order valence-corrected chi connectivity index (χ3v) is 5.65. The van der Waals surface area contributed by atoms with Crippen LogP contribution in [0.4, 0.5) is 0 Å². The molecule has 3 rings (SSSR count). The van der Waals surface area contributed by atoms with E-state index in [-0.39, 0.29) is 11.9 Å². The van der Waals surface area contributed by atoms with Gasteiger partial charge in [0.2, 0.25) is 0 Å². The molecule has 144 valence electrons. The van der Waals surface area contributed by atoms with Crippen LogP contribution in [-0.4, -0.2) is 50.0 Å². The zero-order valence-electron chi connectivity index (χ0n) is 16.6. The number of carbonyl (C=O) groups is 1. The summed E-state index contributed by atoms with van der Waals surface area (Å²) in [6.07, 6.45) is 1.46. The molecule has 4 nitrogen and oxygen atoms in total. The Labute approximate surface area is 162 Å². The van der Waals surface area contributed by atoms with Crippen molar-refractivity contribution in [2.75, 3.05) is 33.8 Å². The van der Waals surface area contributed by atoms with E-state index < -0.39 is 5.54 Å². The minimum Gasteiger partial charge on any atom is -0.371 e. The van der Waals surface area contributed by atoms with Crippen molar-refractivity contribution in [1.82, 2.24) is 10.2 Å². The molecule has 1 heterocycles. The van der Waals surface area contributed by atoms with E-state index in [1.54, 1.807) is 0 Å². The van der Waals surface area contributed by atoms with Gasteiger partial charge in [0.25, 0.3) is 0 Å². The maximum Gasteiger partial charge on any atom is 0.183 e. The summed E-state index contributed by atoms with van der Waals surface area (Å²) in [6, 6.07) is 18.2. The van der Waals surface area contributed by atoms with Gasteiger partial charge in [0.05, 0.1) is 18.2 Å². The number of nitrogens with zero attached hydrogens (tertiary/aromatic N) is 1. The first-order chi connectivity index (χ1) is 13.1. The average molecular weight is 367 g/mol. The number of ketones is 1. The van der Waals surface area contributed by atoms with E-state index in [1.807, 2.05) is 50.5 Å². The number of benzene rings is 2. The van der Waals surface area contributed by atoms with Crippen molar-refractivity contribution in [1.29, 1.82) is 0 Å². The first kappa shape index (κ1) is 19.7. The number of nitrogens with one attached hydrogen (secondary N) is 1. The maximum atomic E-state index is 13.7. The molecule has 0 bridgehead atoms. The monoisotopic (exact) mass is 366 g/mol. The first-order valence-electron chi connectivity index (χ1n) is 9.75. The number of hydrogen-bond donors (Lipinski definition) is 1. The molecule has 0 aromatic heterocycles. The highest BCUT2D eigenvalue weighted by atomic mass is 16.5. The number of hydrogen-bond acceptors (Lipinski definition) is 4. The lowest BCUT2D eigenvalue weighted by molar-refractivity contribution is 0.0276. The molecule has 1 N–H and O–H groups in total. The van der Waals surface area contributed by atoms with Crippen LogP contribution in [0.5, 0.6) is 0 Å². The summed E-state index contributed by atoms with van der Waals surface area (Å²) in [5.41, 5.74) is 2.44. The molecule has 0 aliphatic carbocycles. The van der Waals surface area contributed by atoms with Crippen LogP contribution in [0.1, 0.15) is 40.9 Å². The fraction of sp³-hybridized carbons (Fsp3) is 0.435. The highest BCUT2D eigenvalue weighted by Crippen LogP contribution is 2.29. The van der Waals surface area contributed by atoms with E-state index in [4.69, 9.17) is 4.74 Å². The molecule has 1 fully saturated rings. The predicted octanol–water partition coefficient (Wildman–Crippen LogP) is 3.48. The van der Waals surface area contributed by atoms with Crippen LogP contribution >= 0.6 is 0 Å². The molecule has 0 spiro atoms. The van der Waals surface area contributed by atoms with Gasteiger partial charge in [-0.2, -0.15) is 0 Å². The Morgan fingerprint density at radius 2 is 1.96 bits per heavy atom. The molecule has 1 aliphatic rings. The van der Waals surface area contributed by atoms with Gasteiger partial charge in [-0.3, -0.25) is 9.69 Å². The zero-order chi connectivity index (χ0) is 19.3. The molecular formula is C23H30N2O2. The number of Topliss-reactive ketones (excluding diaryl/α,β-unsaturated/α-hetero) is 1. The Hall–Kier alpha value is -2.01. The first-order valence-corrected chi connectivity index (χ1v) is 9.75. The fourth-order valence-corrected chi connectivity index (χ4v) is 3.91. The van der Waals surface area contributed by atoms with Crippen molar-refractivity contribution in [3.8, 4) is 0 Å². The van der Waals surface area contributed by atoms with E-state index >= 15 is 0 Å². The third-order valence-electron chi connectivity index (χ3n) is 5.65.